The van der Waals surface area contributed by atoms with E-state index in [0.717, 1.165) is 32.2 Å². The summed E-state index contributed by atoms with van der Waals surface area (Å²) in [5.74, 6) is 0.458. The highest BCUT2D eigenvalue weighted by Crippen LogP contribution is 2.40. The van der Waals surface area contributed by atoms with Crippen LogP contribution in [0.4, 0.5) is 0 Å². The quantitative estimate of drug-likeness (QED) is 0.683. The first-order valence-electron chi connectivity index (χ1n) is 6.72. The zero-order valence-electron chi connectivity index (χ0n) is 10.5. The van der Waals surface area contributed by atoms with E-state index in [4.69, 9.17) is 0 Å². The van der Waals surface area contributed by atoms with Gasteiger partial charge in [-0.15, -0.1) is 0 Å². The minimum atomic E-state index is -0.213. The summed E-state index contributed by atoms with van der Waals surface area (Å²) in [6, 6.07) is 0.617. The number of carbonyl (C=O) groups is 1. The van der Waals surface area contributed by atoms with Gasteiger partial charge in [0.05, 0.1) is 5.54 Å². The fourth-order valence-corrected chi connectivity index (χ4v) is 3.34. The third-order valence-electron chi connectivity index (χ3n) is 4.16. The molecule has 0 saturated carbocycles. The van der Waals surface area contributed by atoms with E-state index in [1.807, 2.05) is 0 Å². The zero-order chi connectivity index (χ0) is 11.6. The van der Waals surface area contributed by atoms with Crippen LogP contribution in [0, 0.1) is 0 Å². The Bertz CT molecular complexity index is 297. The van der Waals surface area contributed by atoms with Gasteiger partial charge in [-0.2, -0.15) is 0 Å². The first-order chi connectivity index (χ1) is 7.74. The number of rotatable bonds is 3. The number of hydrogen-bond donors (Lipinski definition) is 0. The summed E-state index contributed by atoms with van der Waals surface area (Å²) in [7, 11) is 0. The number of hydrogen-bond acceptors (Lipinski definition) is 2. The van der Waals surface area contributed by atoms with E-state index >= 15 is 0 Å². The number of likely N-dealkylation sites (tertiary alicyclic amines) is 1. The van der Waals surface area contributed by atoms with Crippen molar-refractivity contribution in [3.63, 3.8) is 0 Å². The fourth-order valence-electron chi connectivity index (χ4n) is 3.34. The Morgan fingerprint density at radius 1 is 1.50 bits per heavy atom. The largest absolute Gasteiger partial charge is 0.297 e. The van der Waals surface area contributed by atoms with E-state index in [1.165, 1.54) is 12.8 Å². The Hall–Kier alpha value is -0.630. The molecule has 0 aromatic carbocycles. The van der Waals surface area contributed by atoms with Crippen molar-refractivity contribution in [1.82, 2.24) is 4.90 Å². The Morgan fingerprint density at radius 3 is 2.94 bits per heavy atom. The minimum absolute atomic E-state index is 0.213. The lowest BCUT2D eigenvalue weighted by atomic mass is 9.84. The maximum absolute atomic E-state index is 12.3. The number of carbonyl (C=O) groups excluding carboxylic acids is 1. The molecule has 16 heavy (non-hydrogen) atoms. The molecule has 90 valence electrons. The molecule has 2 rings (SSSR count). The third-order valence-corrected chi connectivity index (χ3v) is 4.16. The van der Waals surface area contributed by atoms with Crippen LogP contribution >= 0.6 is 0 Å². The van der Waals surface area contributed by atoms with Gasteiger partial charge in [0.15, 0.2) is 5.78 Å². The van der Waals surface area contributed by atoms with Crippen molar-refractivity contribution < 1.29 is 4.79 Å². The summed E-state index contributed by atoms with van der Waals surface area (Å²) < 4.78 is 0. The summed E-state index contributed by atoms with van der Waals surface area (Å²) in [6.45, 7) is 5.51. The van der Waals surface area contributed by atoms with Gasteiger partial charge in [-0.3, -0.25) is 9.69 Å². The molecule has 0 bridgehead atoms. The highest BCUT2D eigenvalue weighted by molar-refractivity contribution is 5.92. The number of ketones is 1. The van der Waals surface area contributed by atoms with Crippen LogP contribution in [0.25, 0.3) is 0 Å². The van der Waals surface area contributed by atoms with Crippen LogP contribution in [0.2, 0.25) is 0 Å². The SMILES string of the molecule is CCCN1C(CC)CCC12C=CCCC2=O. The number of allylic oxidation sites excluding steroid dienone is 1. The highest BCUT2D eigenvalue weighted by Gasteiger charge is 2.48. The van der Waals surface area contributed by atoms with Gasteiger partial charge >= 0.3 is 0 Å². The molecule has 2 heteroatoms. The summed E-state index contributed by atoms with van der Waals surface area (Å²) in [5.41, 5.74) is -0.213. The molecule has 1 aliphatic heterocycles. The maximum atomic E-state index is 12.3. The van der Waals surface area contributed by atoms with Crippen LogP contribution < -0.4 is 0 Å². The van der Waals surface area contributed by atoms with E-state index in [-0.39, 0.29) is 5.54 Å². The van der Waals surface area contributed by atoms with E-state index in [0.29, 0.717) is 11.8 Å². The molecule has 2 atom stereocenters. The summed E-state index contributed by atoms with van der Waals surface area (Å²) in [6.07, 6.45) is 10.6. The molecule has 1 heterocycles. The molecule has 1 spiro atoms. The van der Waals surface area contributed by atoms with Crippen LogP contribution in [0.3, 0.4) is 0 Å². The number of nitrogens with zero attached hydrogens (tertiary/aromatic N) is 1. The first-order valence-corrected chi connectivity index (χ1v) is 6.72. The van der Waals surface area contributed by atoms with Gasteiger partial charge < -0.3 is 0 Å². The molecule has 1 fully saturated rings. The Labute approximate surface area is 98.7 Å². The van der Waals surface area contributed by atoms with Crippen molar-refractivity contribution in [3.05, 3.63) is 12.2 Å². The van der Waals surface area contributed by atoms with Crippen molar-refractivity contribution in [2.45, 2.75) is 64.0 Å². The second-order valence-electron chi connectivity index (χ2n) is 5.08. The van der Waals surface area contributed by atoms with Crippen molar-refractivity contribution in [2.75, 3.05) is 6.54 Å². The second kappa shape index (κ2) is 4.70. The summed E-state index contributed by atoms with van der Waals surface area (Å²) >= 11 is 0. The van der Waals surface area contributed by atoms with E-state index in [1.54, 1.807) is 0 Å². The van der Waals surface area contributed by atoms with Crippen molar-refractivity contribution >= 4 is 5.78 Å². The standard InChI is InChI=1S/C14H23NO/c1-3-11-15-12(4-2)8-10-14(15)9-6-5-7-13(14)16/h6,9,12H,3-5,7-8,10-11H2,1-2H3. The maximum Gasteiger partial charge on any atom is 0.157 e. The first kappa shape index (κ1) is 11.8. The molecule has 1 saturated heterocycles. The Kier molecular flexibility index (Phi) is 3.48. The van der Waals surface area contributed by atoms with Crippen LogP contribution in [-0.4, -0.2) is 28.8 Å². The van der Waals surface area contributed by atoms with Crippen LogP contribution in [0.15, 0.2) is 12.2 Å². The topological polar surface area (TPSA) is 20.3 Å². The van der Waals surface area contributed by atoms with Crippen molar-refractivity contribution in [2.24, 2.45) is 0 Å². The lowest BCUT2D eigenvalue weighted by Crippen LogP contribution is -2.52. The summed E-state index contributed by atoms with van der Waals surface area (Å²) in [4.78, 5) is 14.7. The monoisotopic (exact) mass is 221 g/mol. The number of Topliss-reactive ketones (excluding diaryl/α,β-unsaturated/α-hetero) is 1. The van der Waals surface area contributed by atoms with Crippen LogP contribution in [0.1, 0.15) is 52.4 Å². The lowest BCUT2D eigenvalue weighted by Gasteiger charge is -2.39. The predicted octanol–water partition coefficient (Wildman–Crippen LogP) is 2.93. The molecule has 1 aliphatic carbocycles. The van der Waals surface area contributed by atoms with Gasteiger partial charge in [0, 0.05) is 12.5 Å². The fraction of sp³-hybridized carbons (Fsp3) is 0.786. The van der Waals surface area contributed by atoms with Gasteiger partial charge in [-0.25, -0.2) is 0 Å². The van der Waals surface area contributed by atoms with Gasteiger partial charge in [0.1, 0.15) is 0 Å². The lowest BCUT2D eigenvalue weighted by molar-refractivity contribution is -0.128. The zero-order valence-corrected chi connectivity index (χ0v) is 10.5. The average molecular weight is 221 g/mol. The van der Waals surface area contributed by atoms with Gasteiger partial charge in [-0.1, -0.05) is 26.0 Å². The molecule has 0 aromatic rings. The minimum Gasteiger partial charge on any atom is -0.297 e. The Morgan fingerprint density at radius 2 is 2.31 bits per heavy atom. The van der Waals surface area contributed by atoms with Crippen molar-refractivity contribution in [3.8, 4) is 0 Å². The van der Waals surface area contributed by atoms with Crippen LogP contribution in [-0.2, 0) is 4.79 Å². The van der Waals surface area contributed by atoms with Crippen molar-refractivity contribution in [1.29, 1.82) is 0 Å². The molecule has 2 aliphatic rings. The highest BCUT2D eigenvalue weighted by atomic mass is 16.1. The molecular weight excluding hydrogens is 198 g/mol. The van der Waals surface area contributed by atoms with Gasteiger partial charge in [0.25, 0.3) is 0 Å². The Balaban J connectivity index is 2.27. The molecule has 0 radical (unpaired) electrons. The second-order valence-corrected chi connectivity index (χ2v) is 5.08. The third kappa shape index (κ3) is 1.73. The smallest absolute Gasteiger partial charge is 0.157 e. The molecule has 0 N–H and O–H groups in total. The van der Waals surface area contributed by atoms with E-state index < -0.39 is 0 Å². The predicted molar refractivity (Wildman–Crippen MR) is 66.4 cm³/mol. The average Bonchev–Trinajstić information content (AvgIpc) is 2.64. The van der Waals surface area contributed by atoms with E-state index in [2.05, 4.69) is 30.9 Å². The molecule has 2 nitrogen and oxygen atoms in total. The summed E-state index contributed by atoms with van der Waals surface area (Å²) in [5, 5.41) is 0. The van der Waals surface area contributed by atoms with Crippen LogP contribution in [0.5, 0.6) is 0 Å². The molecule has 2 unspecified atom stereocenters. The molecule has 0 aromatic heterocycles. The van der Waals surface area contributed by atoms with Gasteiger partial charge in [-0.05, 0) is 38.6 Å². The normalized spacial score (nSPS) is 35.1. The van der Waals surface area contributed by atoms with Gasteiger partial charge in [0.2, 0.25) is 0 Å². The van der Waals surface area contributed by atoms with E-state index in [9.17, 15) is 4.79 Å². The molecule has 0 amide bonds. The molecular formula is C14H23NO.